The summed E-state index contributed by atoms with van der Waals surface area (Å²) in [7, 11) is 0. The maximum absolute atomic E-state index is 13.2. The SMILES string of the molecule is O=C(Cl)c1ccc(N2C(=O)c3ccc(-c4ccc5c(c4)C(=O)N(c4ccc(C(=O)Cl)cc4)C5=O)cc3C2=O)cc1. The van der Waals surface area contributed by atoms with Crippen LogP contribution in [0.5, 0.6) is 0 Å². The van der Waals surface area contributed by atoms with Crippen LogP contribution in [0, 0.1) is 0 Å². The van der Waals surface area contributed by atoms with Crippen molar-refractivity contribution in [3.63, 3.8) is 0 Å². The molecule has 4 amide bonds. The minimum atomic E-state index is -0.656. The molecule has 40 heavy (non-hydrogen) atoms. The van der Waals surface area contributed by atoms with Gasteiger partial charge in [-0.3, -0.25) is 28.8 Å². The van der Waals surface area contributed by atoms with Gasteiger partial charge in [0.2, 0.25) is 0 Å². The number of carbonyl (C=O) groups is 6. The van der Waals surface area contributed by atoms with E-state index in [0.717, 1.165) is 9.80 Å². The fraction of sp³-hybridized carbons (Fsp3) is 0. The van der Waals surface area contributed by atoms with Crippen molar-refractivity contribution >= 4 is 68.7 Å². The molecule has 0 bridgehead atoms. The number of hydrogen-bond donors (Lipinski definition) is 0. The van der Waals surface area contributed by atoms with Crippen LogP contribution in [0.1, 0.15) is 62.1 Å². The van der Waals surface area contributed by atoms with Gasteiger partial charge in [-0.25, -0.2) is 9.80 Å². The van der Waals surface area contributed by atoms with Crippen molar-refractivity contribution in [1.29, 1.82) is 0 Å². The first kappa shape index (κ1) is 25.4. The third kappa shape index (κ3) is 3.93. The lowest BCUT2D eigenvalue weighted by atomic mass is 9.97. The summed E-state index contributed by atoms with van der Waals surface area (Å²) in [5.41, 5.74) is 2.96. The predicted octanol–water partition coefficient (Wildman–Crippen LogP) is 5.71. The molecule has 0 N–H and O–H groups in total. The van der Waals surface area contributed by atoms with Crippen LogP contribution in [0.4, 0.5) is 11.4 Å². The van der Waals surface area contributed by atoms with E-state index in [-0.39, 0.29) is 33.4 Å². The zero-order chi connectivity index (χ0) is 28.3. The second-order valence-electron chi connectivity index (χ2n) is 9.05. The van der Waals surface area contributed by atoms with Crippen molar-refractivity contribution < 1.29 is 28.8 Å². The molecule has 194 valence electrons. The molecule has 2 aliphatic heterocycles. The number of carbonyl (C=O) groups excluding carboxylic acids is 6. The lowest BCUT2D eigenvalue weighted by molar-refractivity contribution is 0.0910. The van der Waals surface area contributed by atoms with Crippen LogP contribution in [0.2, 0.25) is 0 Å². The lowest BCUT2D eigenvalue weighted by Crippen LogP contribution is -2.29. The Bertz CT molecular complexity index is 1700. The molecule has 2 heterocycles. The Morgan fingerprint density at radius 3 is 1.10 bits per heavy atom. The molecular formula is C30H14Cl2N2O6. The number of imide groups is 2. The Balaban J connectivity index is 1.31. The molecule has 10 heteroatoms. The highest BCUT2D eigenvalue weighted by atomic mass is 35.5. The van der Waals surface area contributed by atoms with Crippen molar-refractivity contribution in [3.8, 4) is 11.1 Å². The van der Waals surface area contributed by atoms with Gasteiger partial charge in [-0.2, -0.15) is 0 Å². The van der Waals surface area contributed by atoms with Crippen LogP contribution in [-0.2, 0) is 0 Å². The van der Waals surface area contributed by atoms with Gasteiger partial charge in [0.05, 0.1) is 33.6 Å². The second kappa shape index (κ2) is 9.37. The molecule has 2 aliphatic rings. The number of hydrogen-bond acceptors (Lipinski definition) is 6. The fourth-order valence-corrected chi connectivity index (χ4v) is 5.04. The van der Waals surface area contributed by atoms with Crippen molar-refractivity contribution in [2.24, 2.45) is 0 Å². The van der Waals surface area contributed by atoms with E-state index in [1.807, 2.05) is 0 Å². The highest BCUT2D eigenvalue weighted by Crippen LogP contribution is 2.35. The number of anilines is 2. The molecular weight excluding hydrogens is 555 g/mol. The smallest absolute Gasteiger partial charge is 0.266 e. The topological polar surface area (TPSA) is 109 Å². The molecule has 6 rings (SSSR count). The molecule has 4 aromatic rings. The van der Waals surface area contributed by atoms with Gasteiger partial charge in [0.1, 0.15) is 0 Å². The first-order chi connectivity index (χ1) is 19.2. The maximum Gasteiger partial charge on any atom is 0.266 e. The third-order valence-electron chi connectivity index (χ3n) is 6.81. The van der Waals surface area contributed by atoms with E-state index in [0.29, 0.717) is 22.5 Å². The summed E-state index contributed by atoms with van der Waals surface area (Å²) in [4.78, 5) is 77.3. The highest BCUT2D eigenvalue weighted by molar-refractivity contribution is 6.68. The summed E-state index contributed by atoms with van der Waals surface area (Å²) >= 11 is 11.0. The van der Waals surface area contributed by atoms with Crippen molar-refractivity contribution in [2.45, 2.75) is 0 Å². The van der Waals surface area contributed by atoms with Crippen LogP contribution in [0.25, 0.3) is 11.1 Å². The number of fused-ring (bicyclic) bond motifs is 2. The van der Waals surface area contributed by atoms with E-state index in [2.05, 4.69) is 0 Å². The molecule has 0 spiro atoms. The zero-order valence-corrected chi connectivity index (χ0v) is 21.7. The molecule has 4 aromatic carbocycles. The van der Waals surface area contributed by atoms with Gasteiger partial charge in [0, 0.05) is 11.1 Å². The molecule has 0 atom stereocenters. The molecule has 0 fully saturated rings. The maximum atomic E-state index is 13.2. The van der Waals surface area contributed by atoms with E-state index < -0.39 is 34.1 Å². The van der Waals surface area contributed by atoms with Crippen LogP contribution < -0.4 is 9.80 Å². The standard InChI is InChI=1S/C30H14Cl2N2O6/c31-25(35)15-1-7-19(8-2-15)33-27(37)21-11-5-17(13-23(21)29(33)39)18-6-12-22-24(14-18)30(40)34(28(22)38)20-9-3-16(4-10-20)26(32)36/h1-14H. The fourth-order valence-electron chi connectivity index (χ4n) is 4.79. The number of nitrogens with zero attached hydrogens (tertiary/aromatic N) is 2. The van der Waals surface area contributed by atoms with Crippen LogP contribution in [-0.4, -0.2) is 34.1 Å². The van der Waals surface area contributed by atoms with Crippen molar-refractivity contribution in [2.75, 3.05) is 9.80 Å². The van der Waals surface area contributed by atoms with Crippen molar-refractivity contribution in [1.82, 2.24) is 0 Å². The summed E-state index contributed by atoms with van der Waals surface area (Å²) in [6, 6.07) is 21.1. The van der Waals surface area contributed by atoms with Crippen LogP contribution in [0.15, 0.2) is 84.9 Å². The van der Waals surface area contributed by atoms with Crippen LogP contribution >= 0.6 is 23.2 Å². The van der Waals surface area contributed by atoms with Gasteiger partial charge in [-0.05, 0) is 107 Å². The minimum Gasteiger partial charge on any atom is -0.276 e. The quantitative estimate of drug-likeness (QED) is 0.225. The van der Waals surface area contributed by atoms with Gasteiger partial charge < -0.3 is 0 Å². The Hall–Kier alpha value is -4.92. The monoisotopic (exact) mass is 568 g/mol. The molecule has 0 radical (unpaired) electrons. The summed E-state index contributed by atoms with van der Waals surface area (Å²) in [5, 5.41) is -1.31. The number of benzene rings is 4. The molecule has 8 nitrogen and oxygen atoms in total. The van der Waals surface area contributed by atoms with Crippen molar-refractivity contribution in [3.05, 3.63) is 118 Å². The lowest BCUT2D eigenvalue weighted by Gasteiger charge is -2.13. The summed E-state index contributed by atoms with van der Waals surface area (Å²) < 4.78 is 0. The minimum absolute atomic E-state index is 0.179. The average molecular weight is 569 g/mol. The first-order valence-electron chi connectivity index (χ1n) is 11.8. The molecule has 0 aromatic heterocycles. The molecule has 0 aliphatic carbocycles. The van der Waals surface area contributed by atoms with Crippen LogP contribution in [0.3, 0.4) is 0 Å². The normalized spacial score (nSPS) is 14.1. The number of rotatable bonds is 5. The summed E-state index contributed by atoms with van der Waals surface area (Å²) in [6.45, 7) is 0. The predicted molar refractivity (Wildman–Crippen MR) is 147 cm³/mol. The Kier molecular flexibility index (Phi) is 5.94. The zero-order valence-electron chi connectivity index (χ0n) is 20.2. The first-order valence-corrected chi connectivity index (χ1v) is 12.6. The van der Waals surface area contributed by atoms with Gasteiger partial charge in [-0.15, -0.1) is 0 Å². The van der Waals surface area contributed by atoms with E-state index in [4.69, 9.17) is 23.2 Å². The molecule has 0 unspecified atom stereocenters. The van der Waals surface area contributed by atoms with Gasteiger partial charge in [-0.1, -0.05) is 12.1 Å². The van der Waals surface area contributed by atoms with Gasteiger partial charge in [0.25, 0.3) is 34.1 Å². The summed E-state index contributed by atoms with van der Waals surface area (Å²) in [5.74, 6) is -2.10. The Labute approximate surface area is 236 Å². The van der Waals surface area contributed by atoms with E-state index >= 15 is 0 Å². The van der Waals surface area contributed by atoms with E-state index in [1.165, 1.54) is 60.7 Å². The third-order valence-corrected chi connectivity index (χ3v) is 7.25. The second-order valence-corrected chi connectivity index (χ2v) is 9.74. The Morgan fingerprint density at radius 1 is 0.450 bits per heavy atom. The van der Waals surface area contributed by atoms with Gasteiger partial charge in [0.15, 0.2) is 0 Å². The number of amides is 4. The molecule has 0 saturated heterocycles. The van der Waals surface area contributed by atoms with Gasteiger partial charge >= 0.3 is 0 Å². The largest absolute Gasteiger partial charge is 0.276 e. The van der Waals surface area contributed by atoms with E-state index in [9.17, 15) is 28.8 Å². The molecule has 0 saturated carbocycles. The summed E-state index contributed by atoms with van der Waals surface area (Å²) in [6.07, 6.45) is 0. The van der Waals surface area contributed by atoms with E-state index in [1.54, 1.807) is 24.3 Å². The average Bonchev–Trinajstić information content (AvgIpc) is 3.36. The Morgan fingerprint density at radius 2 is 0.775 bits per heavy atom. The highest BCUT2D eigenvalue weighted by Gasteiger charge is 2.38. The number of halogens is 2.